The van der Waals surface area contributed by atoms with E-state index in [1.54, 1.807) is 24.3 Å². The Hall–Kier alpha value is -3.40. The Bertz CT molecular complexity index is 1100. The lowest BCUT2D eigenvalue weighted by molar-refractivity contribution is -0.192. The van der Waals surface area contributed by atoms with E-state index in [1.807, 2.05) is 31.2 Å². The number of likely N-dealkylation sites (tertiary alicyclic amines) is 1. The fourth-order valence-electron chi connectivity index (χ4n) is 4.82. The van der Waals surface area contributed by atoms with Crippen LogP contribution in [0, 0.1) is 12.8 Å². The zero-order valence-electron chi connectivity index (χ0n) is 21.4. The van der Waals surface area contributed by atoms with E-state index in [0.29, 0.717) is 11.1 Å². The standard InChI is InChI=1S/C26H33N3O2.C2HF3O2/c1-19-6-5-9-23(16-19)27-25(30)21-10-12-22(13-11-21)26(31)28-24-14-15-29(18-24)17-20-7-3-2-4-8-20;3-2(4,5)1(6)7/h5-6,9-13,16,20,24H,2-4,7-8,14-15,17-18H2,1H3,(H,27,30)(H,28,31);(H,6,7). The summed E-state index contributed by atoms with van der Waals surface area (Å²) < 4.78 is 31.7. The second-order valence-electron chi connectivity index (χ2n) is 9.93. The van der Waals surface area contributed by atoms with Gasteiger partial charge >= 0.3 is 12.1 Å². The second-order valence-corrected chi connectivity index (χ2v) is 9.93. The Balaban J connectivity index is 0.000000505. The third kappa shape index (κ3) is 9.16. The maximum absolute atomic E-state index is 12.7. The first-order valence-corrected chi connectivity index (χ1v) is 12.8. The first-order chi connectivity index (χ1) is 18.0. The quantitative estimate of drug-likeness (QED) is 0.470. The van der Waals surface area contributed by atoms with Crippen LogP contribution in [0.2, 0.25) is 0 Å². The summed E-state index contributed by atoms with van der Waals surface area (Å²) in [6.07, 6.45) is 2.78. The maximum atomic E-state index is 12.7. The number of halogens is 3. The Kier molecular flexibility index (Phi) is 10.3. The molecular weight excluding hydrogens is 499 g/mol. The minimum atomic E-state index is -5.08. The van der Waals surface area contributed by atoms with Crippen molar-refractivity contribution in [3.63, 3.8) is 0 Å². The molecule has 1 heterocycles. The van der Waals surface area contributed by atoms with Crippen molar-refractivity contribution in [2.75, 3.05) is 25.0 Å². The van der Waals surface area contributed by atoms with Crippen LogP contribution in [0.4, 0.5) is 18.9 Å². The fraction of sp³-hybridized carbons (Fsp3) is 0.464. The molecule has 1 unspecified atom stereocenters. The molecule has 38 heavy (non-hydrogen) atoms. The average Bonchev–Trinajstić information content (AvgIpc) is 3.31. The highest BCUT2D eigenvalue weighted by molar-refractivity contribution is 6.05. The van der Waals surface area contributed by atoms with E-state index in [9.17, 15) is 22.8 Å². The number of aryl methyl sites for hydroxylation is 1. The summed E-state index contributed by atoms with van der Waals surface area (Å²) in [6.45, 7) is 5.18. The van der Waals surface area contributed by atoms with Gasteiger partial charge in [-0.25, -0.2) is 4.79 Å². The number of rotatable bonds is 6. The molecule has 1 saturated heterocycles. The van der Waals surface area contributed by atoms with Gasteiger partial charge in [-0.3, -0.25) is 9.59 Å². The summed E-state index contributed by atoms with van der Waals surface area (Å²) in [5.74, 6) is -2.16. The number of anilines is 1. The molecule has 2 aliphatic rings. The third-order valence-electron chi connectivity index (χ3n) is 6.78. The molecule has 1 saturated carbocycles. The lowest BCUT2D eigenvalue weighted by Crippen LogP contribution is -2.38. The van der Waals surface area contributed by atoms with Crippen LogP contribution < -0.4 is 10.6 Å². The van der Waals surface area contributed by atoms with E-state index < -0.39 is 12.1 Å². The van der Waals surface area contributed by atoms with Gasteiger partial charge in [0.05, 0.1) is 0 Å². The van der Waals surface area contributed by atoms with E-state index >= 15 is 0 Å². The van der Waals surface area contributed by atoms with Crippen molar-refractivity contribution in [3.05, 3.63) is 65.2 Å². The van der Waals surface area contributed by atoms with E-state index in [-0.39, 0.29) is 17.9 Å². The summed E-state index contributed by atoms with van der Waals surface area (Å²) in [6, 6.07) is 14.8. The molecule has 4 rings (SSSR count). The molecule has 1 atom stereocenters. The van der Waals surface area contributed by atoms with Crippen molar-refractivity contribution in [1.82, 2.24) is 10.2 Å². The Morgan fingerprint density at radius 2 is 1.55 bits per heavy atom. The van der Waals surface area contributed by atoms with Crippen molar-refractivity contribution in [2.45, 2.75) is 57.7 Å². The van der Waals surface area contributed by atoms with E-state index in [4.69, 9.17) is 9.90 Å². The molecule has 2 amide bonds. The normalized spacial score (nSPS) is 18.3. The molecule has 1 aliphatic carbocycles. The molecule has 2 fully saturated rings. The number of carboxylic acid groups (broad SMARTS) is 1. The number of nitrogens with one attached hydrogen (secondary N) is 2. The van der Waals surface area contributed by atoms with Gasteiger partial charge in [0.15, 0.2) is 0 Å². The molecule has 0 aromatic heterocycles. The maximum Gasteiger partial charge on any atom is 0.490 e. The van der Waals surface area contributed by atoms with Crippen molar-refractivity contribution in [1.29, 1.82) is 0 Å². The SMILES string of the molecule is Cc1cccc(NC(=O)c2ccc(C(=O)NC3CCN(CC4CCCCC4)C3)cc2)c1.O=C(O)C(F)(F)F. The minimum absolute atomic E-state index is 0.0600. The van der Waals surface area contributed by atoms with Crippen LogP contribution >= 0.6 is 0 Å². The molecule has 1 aliphatic heterocycles. The van der Waals surface area contributed by atoms with Crippen LogP contribution in [0.15, 0.2) is 48.5 Å². The molecule has 7 nitrogen and oxygen atoms in total. The smallest absolute Gasteiger partial charge is 0.475 e. The molecule has 206 valence electrons. The monoisotopic (exact) mass is 533 g/mol. The number of nitrogens with zero attached hydrogens (tertiary/aromatic N) is 1. The number of hydrogen-bond donors (Lipinski definition) is 3. The number of alkyl halides is 3. The minimum Gasteiger partial charge on any atom is -0.475 e. The number of carboxylic acids is 1. The Labute approximate surface area is 220 Å². The van der Waals surface area contributed by atoms with E-state index in [0.717, 1.165) is 36.7 Å². The molecule has 0 radical (unpaired) electrons. The first kappa shape index (κ1) is 29.2. The highest BCUT2D eigenvalue weighted by Crippen LogP contribution is 2.25. The topological polar surface area (TPSA) is 98.7 Å². The van der Waals surface area contributed by atoms with Crippen LogP contribution in [-0.2, 0) is 4.79 Å². The highest BCUT2D eigenvalue weighted by atomic mass is 19.4. The number of hydrogen-bond acceptors (Lipinski definition) is 4. The molecule has 2 aromatic rings. The lowest BCUT2D eigenvalue weighted by atomic mass is 9.89. The van der Waals surface area contributed by atoms with Crippen LogP contribution in [0.25, 0.3) is 0 Å². The van der Waals surface area contributed by atoms with E-state index in [2.05, 4.69) is 15.5 Å². The zero-order valence-corrected chi connectivity index (χ0v) is 21.4. The van der Waals surface area contributed by atoms with Gasteiger partial charge in [-0.15, -0.1) is 0 Å². The number of amides is 2. The summed E-state index contributed by atoms with van der Waals surface area (Å²) >= 11 is 0. The summed E-state index contributed by atoms with van der Waals surface area (Å²) in [4.78, 5) is 36.6. The van der Waals surface area contributed by atoms with Crippen LogP contribution in [0.5, 0.6) is 0 Å². The zero-order chi connectivity index (χ0) is 27.7. The third-order valence-corrected chi connectivity index (χ3v) is 6.78. The molecule has 2 aromatic carbocycles. The van der Waals surface area contributed by atoms with Gasteiger partial charge in [0.1, 0.15) is 0 Å². The predicted octanol–water partition coefficient (Wildman–Crippen LogP) is 5.27. The highest BCUT2D eigenvalue weighted by Gasteiger charge is 2.38. The van der Waals surface area contributed by atoms with Gasteiger partial charge < -0.3 is 20.6 Å². The lowest BCUT2D eigenvalue weighted by Gasteiger charge is -2.26. The van der Waals surface area contributed by atoms with Gasteiger partial charge in [-0.05, 0) is 74.1 Å². The summed E-state index contributed by atoms with van der Waals surface area (Å²) in [5, 5.41) is 13.2. The van der Waals surface area contributed by atoms with Crippen molar-refractivity contribution in [3.8, 4) is 0 Å². The fourth-order valence-corrected chi connectivity index (χ4v) is 4.82. The number of aliphatic carboxylic acids is 1. The van der Waals surface area contributed by atoms with Gasteiger partial charge in [0.2, 0.25) is 0 Å². The molecule has 3 N–H and O–H groups in total. The number of carbonyl (C=O) groups excluding carboxylic acids is 2. The van der Waals surface area contributed by atoms with Crippen LogP contribution in [0.1, 0.15) is 64.8 Å². The summed E-state index contributed by atoms with van der Waals surface area (Å²) in [7, 11) is 0. The summed E-state index contributed by atoms with van der Waals surface area (Å²) in [5.41, 5.74) is 3.00. The largest absolute Gasteiger partial charge is 0.490 e. The number of carbonyl (C=O) groups is 3. The molecule has 0 bridgehead atoms. The predicted molar refractivity (Wildman–Crippen MR) is 138 cm³/mol. The molecule has 0 spiro atoms. The van der Waals surface area contributed by atoms with Crippen LogP contribution in [-0.4, -0.2) is 59.6 Å². The number of benzene rings is 2. The van der Waals surface area contributed by atoms with E-state index in [1.165, 1.54) is 38.6 Å². The first-order valence-electron chi connectivity index (χ1n) is 12.8. The average molecular weight is 534 g/mol. The molecular formula is C28H34F3N3O4. The van der Waals surface area contributed by atoms with Crippen molar-refractivity contribution in [2.24, 2.45) is 5.92 Å². The Morgan fingerprint density at radius 1 is 0.947 bits per heavy atom. The van der Waals surface area contributed by atoms with Gasteiger partial charge in [0, 0.05) is 42.5 Å². The van der Waals surface area contributed by atoms with Crippen LogP contribution in [0.3, 0.4) is 0 Å². The van der Waals surface area contributed by atoms with Crippen molar-refractivity contribution < 1.29 is 32.7 Å². The van der Waals surface area contributed by atoms with Crippen molar-refractivity contribution >= 4 is 23.5 Å². The van der Waals surface area contributed by atoms with Gasteiger partial charge in [0.25, 0.3) is 11.8 Å². The van der Waals surface area contributed by atoms with Gasteiger partial charge in [-0.2, -0.15) is 13.2 Å². The Morgan fingerprint density at radius 3 is 2.13 bits per heavy atom. The molecule has 10 heteroatoms. The van der Waals surface area contributed by atoms with Gasteiger partial charge in [-0.1, -0.05) is 31.4 Å². The second kappa shape index (κ2) is 13.4.